The standard InChI is InChI=1S/C22H28N2O5/c1-5-24(19(26)14-28-13-17-10-8-7-9-11-17)12-18(25)20-15(3)21(23-16(20)4)22(27)29-6-2/h7-11,23H,5-6,12-14H2,1-4H3. The van der Waals surface area contributed by atoms with Crippen molar-refractivity contribution in [3.05, 3.63) is 58.4 Å². The molecule has 0 spiro atoms. The maximum atomic E-state index is 12.8. The zero-order valence-corrected chi connectivity index (χ0v) is 17.4. The van der Waals surface area contributed by atoms with Crippen molar-refractivity contribution in [3.8, 4) is 0 Å². The molecule has 1 N–H and O–H groups in total. The van der Waals surface area contributed by atoms with E-state index in [4.69, 9.17) is 9.47 Å². The fourth-order valence-corrected chi connectivity index (χ4v) is 3.13. The lowest BCUT2D eigenvalue weighted by Crippen LogP contribution is -2.38. The Kier molecular flexibility index (Phi) is 8.15. The highest BCUT2D eigenvalue weighted by molar-refractivity contribution is 6.04. The van der Waals surface area contributed by atoms with Crippen LogP contribution in [0.5, 0.6) is 0 Å². The predicted molar refractivity (Wildman–Crippen MR) is 109 cm³/mol. The van der Waals surface area contributed by atoms with Crippen molar-refractivity contribution < 1.29 is 23.9 Å². The highest BCUT2D eigenvalue weighted by Gasteiger charge is 2.25. The number of rotatable bonds is 10. The van der Waals surface area contributed by atoms with Crippen molar-refractivity contribution in [3.63, 3.8) is 0 Å². The molecule has 0 saturated heterocycles. The monoisotopic (exact) mass is 400 g/mol. The van der Waals surface area contributed by atoms with Gasteiger partial charge in [-0.2, -0.15) is 0 Å². The van der Waals surface area contributed by atoms with Gasteiger partial charge in [0, 0.05) is 17.8 Å². The van der Waals surface area contributed by atoms with Gasteiger partial charge in [-0.3, -0.25) is 9.59 Å². The van der Waals surface area contributed by atoms with E-state index in [0.717, 1.165) is 5.56 Å². The second kappa shape index (κ2) is 10.6. The first-order valence-electron chi connectivity index (χ1n) is 9.67. The normalized spacial score (nSPS) is 10.6. The fraction of sp³-hybridized carbons (Fsp3) is 0.409. The number of aromatic amines is 1. The third-order valence-electron chi connectivity index (χ3n) is 4.60. The lowest BCUT2D eigenvalue weighted by atomic mass is 10.1. The number of aryl methyl sites for hydroxylation is 1. The highest BCUT2D eigenvalue weighted by atomic mass is 16.5. The number of carbonyl (C=O) groups excluding carboxylic acids is 3. The van der Waals surface area contributed by atoms with Crippen LogP contribution in [0.2, 0.25) is 0 Å². The summed E-state index contributed by atoms with van der Waals surface area (Å²) in [7, 11) is 0. The second-order valence-corrected chi connectivity index (χ2v) is 6.65. The van der Waals surface area contributed by atoms with E-state index in [1.807, 2.05) is 37.3 Å². The summed E-state index contributed by atoms with van der Waals surface area (Å²) in [6.07, 6.45) is 0. The SMILES string of the molecule is CCOC(=O)c1[nH]c(C)c(C(=O)CN(CC)C(=O)COCc2ccccc2)c1C. The molecule has 0 unspecified atom stereocenters. The van der Waals surface area contributed by atoms with Crippen molar-refractivity contribution in [2.75, 3.05) is 26.3 Å². The quantitative estimate of drug-likeness (QED) is 0.489. The zero-order chi connectivity index (χ0) is 21.4. The minimum Gasteiger partial charge on any atom is -0.461 e. The average Bonchev–Trinajstić information content (AvgIpc) is 3.01. The zero-order valence-electron chi connectivity index (χ0n) is 17.4. The van der Waals surface area contributed by atoms with Gasteiger partial charge < -0.3 is 19.4 Å². The highest BCUT2D eigenvalue weighted by Crippen LogP contribution is 2.20. The van der Waals surface area contributed by atoms with Crippen LogP contribution >= 0.6 is 0 Å². The minimum absolute atomic E-state index is 0.0776. The Balaban J connectivity index is 2.00. The van der Waals surface area contributed by atoms with Crippen LogP contribution in [0.1, 0.15) is 51.5 Å². The average molecular weight is 400 g/mol. The number of H-pyrrole nitrogens is 1. The minimum atomic E-state index is -0.495. The number of Topliss-reactive ketones (excluding diaryl/α,β-unsaturated/α-hetero) is 1. The topological polar surface area (TPSA) is 88.7 Å². The van der Waals surface area contributed by atoms with Crippen molar-refractivity contribution in [2.45, 2.75) is 34.3 Å². The number of likely N-dealkylation sites (N-methyl/N-ethyl adjacent to an activating group) is 1. The third kappa shape index (κ3) is 5.77. The van der Waals surface area contributed by atoms with Crippen molar-refractivity contribution >= 4 is 17.7 Å². The molecule has 0 saturated carbocycles. The first-order valence-corrected chi connectivity index (χ1v) is 9.67. The molecule has 1 heterocycles. The van der Waals surface area contributed by atoms with Crippen LogP contribution in [0.25, 0.3) is 0 Å². The Labute approximate surface area is 171 Å². The van der Waals surface area contributed by atoms with Gasteiger partial charge in [0.25, 0.3) is 0 Å². The number of aromatic nitrogens is 1. The molecule has 1 aromatic carbocycles. The van der Waals surface area contributed by atoms with E-state index in [-0.39, 0.29) is 37.1 Å². The van der Waals surface area contributed by atoms with Gasteiger partial charge in [-0.05, 0) is 38.8 Å². The summed E-state index contributed by atoms with van der Waals surface area (Å²) in [5.41, 5.74) is 2.79. The van der Waals surface area contributed by atoms with Gasteiger partial charge >= 0.3 is 5.97 Å². The Hall–Kier alpha value is -2.93. The molecule has 0 aliphatic rings. The smallest absolute Gasteiger partial charge is 0.355 e. The second-order valence-electron chi connectivity index (χ2n) is 6.65. The molecule has 2 rings (SSSR count). The number of nitrogens with one attached hydrogen (secondary N) is 1. The first kappa shape index (κ1) is 22.4. The van der Waals surface area contributed by atoms with Gasteiger partial charge in [-0.25, -0.2) is 4.79 Å². The van der Waals surface area contributed by atoms with E-state index < -0.39 is 5.97 Å². The molecule has 0 bridgehead atoms. The predicted octanol–water partition coefficient (Wildman–Crippen LogP) is 3.06. The molecule has 0 aliphatic heterocycles. The molecule has 29 heavy (non-hydrogen) atoms. The van der Waals surface area contributed by atoms with Crippen LogP contribution in [-0.4, -0.2) is 53.8 Å². The molecule has 156 valence electrons. The summed E-state index contributed by atoms with van der Waals surface area (Å²) in [6, 6.07) is 9.57. The molecule has 1 aromatic heterocycles. The molecule has 7 heteroatoms. The van der Waals surface area contributed by atoms with Crippen molar-refractivity contribution in [2.24, 2.45) is 0 Å². The Morgan fingerprint density at radius 3 is 2.38 bits per heavy atom. The number of esters is 1. The molecule has 0 aliphatic carbocycles. The van der Waals surface area contributed by atoms with Crippen molar-refractivity contribution in [1.82, 2.24) is 9.88 Å². The maximum absolute atomic E-state index is 12.8. The van der Waals surface area contributed by atoms with Gasteiger partial charge in [0.05, 0.1) is 19.8 Å². The lowest BCUT2D eigenvalue weighted by Gasteiger charge is -2.20. The van der Waals surface area contributed by atoms with Crippen LogP contribution in [0.4, 0.5) is 0 Å². The van der Waals surface area contributed by atoms with Crippen LogP contribution < -0.4 is 0 Å². The number of ether oxygens (including phenoxy) is 2. The number of amides is 1. The molecule has 0 radical (unpaired) electrons. The summed E-state index contributed by atoms with van der Waals surface area (Å²) >= 11 is 0. The Bertz CT molecular complexity index is 858. The molecule has 0 fully saturated rings. The number of hydrogen-bond acceptors (Lipinski definition) is 5. The molecule has 7 nitrogen and oxygen atoms in total. The van der Waals surface area contributed by atoms with E-state index in [0.29, 0.717) is 30.0 Å². The van der Waals surface area contributed by atoms with Gasteiger partial charge in [0.2, 0.25) is 5.91 Å². The van der Waals surface area contributed by atoms with E-state index in [9.17, 15) is 14.4 Å². The number of nitrogens with zero attached hydrogens (tertiary/aromatic N) is 1. The molecular weight excluding hydrogens is 372 g/mol. The van der Waals surface area contributed by atoms with Gasteiger partial charge in [-0.15, -0.1) is 0 Å². The summed E-state index contributed by atoms with van der Waals surface area (Å²) in [5, 5.41) is 0. The van der Waals surface area contributed by atoms with Crippen LogP contribution in [-0.2, 0) is 20.9 Å². The summed E-state index contributed by atoms with van der Waals surface area (Å²) in [4.78, 5) is 41.7. The molecule has 1 amide bonds. The number of carbonyl (C=O) groups is 3. The summed E-state index contributed by atoms with van der Waals surface area (Å²) in [5.74, 6) is -0.983. The fourth-order valence-electron chi connectivity index (χ4n) is 3.13. The molecular formula is C22H28N2O5. The van der Waals surface area contributed by atoms with Crippen LogP contribution in [0.15, 0.2) is 30.3 Å². The van der Waals surface area contributed by atoms with Gasteiger partial charge in [0.1, 0.15) is 12.3 Å². The molecule has 0 atom stereocenters. The Morgan fingerprint density at radius 1 is 1.07 bits per heavy atom. The Morgan fingerprint density at radius 2 is 1.76 bits per heavy atom. The summed E-state index contributed by atoms with van der Waals surface area (Å²) in [6.45, 7) is 7.74. The maximum Gasteiger partial charge on any atom is 0.355 e. The number of ketones is 1. The number of hydrogen-bond donors (Lipinski definition) is 1. The van der Waals surface area contributed by atoms with Crippen molar-refractivity contribution in [1.29, 1.82) is 0 Å². The largest absolute Gasteiger partial charge is 0.461 e. The number of benzene rings is 1. The lowest BCUT2D eigenvalue weighted by molar-refractivity contribution is -0.135. The first-order chi connectivity index (χ1) is 13.9. The van der Waals surface area contributed by atoms with Crippen LogP contribution in [0, 0.1) is 13.8 Å². The summed E-state index contributed by atoms with van der Waals surface area (Å²) < 4.78 is 10.5. The van der Waals surface area contributed by atoms with E-state index in [2.05, 4.69) is 4.98 Å². The van der Waals surface area contributed by atoms with Crippen LogP contribution in [0.3, 0.4) is 0 Å². The molecule has 2 aromatic rings. The van der Waals surface area contributed by atoms with E-state index in [1.165, 1.54) is 4.90 Å². The van der Waals surface area contributed by atoms with E-state index in [1.54, 1.807) is 20.8 Å². The van der Waals surface area contributed by atoms with Gasteiger partial charge in [0.15, 0.2) is 5.78 Å². The van der Waals surface area contributed by atoms with E-state index >= 15 is 0 Å². The van der Waals surface area contributed by atoms with Gasteiger partial charge in [-0.1, -0.05) is 30.3 Å². The third-order valence-corrected chi connectivity index (χ3v) is 4.60.